The van der Waals surface area contributed by atoms with Crippen LogP contribution in [0.5, 0.6) is 5.75 Å². The van der Waals surface area contributed by atoms with Gasteiger partial charge in [-0.15, -0.1) is 0 Å². The number of aryl methyl sites for hydroxylation is 1. The predicted octanol–water partition coefficient (Wildman–Crippen LogP) is 1.74. The molecule has 0 bridgehead atoms. The summed E-state index contributed by atoms with van der Waals surface area (Å²) in [5.41, 5.74) is 5.33. The summed E-state index contributed by atoms with van der Waals surface area (Å²) in [5.74, 6) is 0.686. The van der Waals surface area contributed by atoms with Crippen LogP contribution in [-0.2, 0) is 0 Å². The fourth-order valence-corrected chi connectivity index (χ4v) is 1.12. The van der Waals surface area contributed by atoms with E-state index in [1.807, 2.05) is 13.0 Å². The van der Waals surface area contributed by atoms with Crippen molar-refractivity contribution in [3.8, 4) is 5.75 Å². The number of hydrogen-bond donors (Lipinski definition) is 2. The van der Waals surface area contributed by atoms with Crippen LogP contribution in [0.15, 0.2) is 18.2 Å². The van der Waals surface area contributed by atoms with Gasteiger partial charge >= 0.3 is 0 Å². The molecule has 15 heavy (non-hydrogen) atoms. The zero-order valence-corrected chi connectivity index (χ0v) is 9.71. The van der Waals surface area contributed by atoms with E-state index in [1.54, 1.807) is 19.1 Å². The van der Waals surface area contributed by atoms with Gasteiger partial charge in [0.1, 0.15) is 18.0 Å². The molecule has 0 heterocycles. The Balaban J connectivity index is 2.62. The highest BCUT2D eigenvalue weighted by Crippen LogP contribution is 2.21. The third-order valence-corrected chi connectivity index (χ3v) is 2.54. The van der Waals surface area contributed by atoms with Crippen molar-refractivity contribution in [2.24, 2.45) is 5.73 Å². The number of ether oxygens (including phenoxy) is 1. The first-order chi connectivity index (χ1) is 6.94. The second-order valence-electron chi connectivity index (χ2n) is 3.90. The number of halogens is 1. The molecule has 0 aromatic heterocycles. The molecule has 3 nitrogen and oxygen atoms in total. The van der Waals surface area contributed by atoms with Crippen LogP contribution in [0.25, 0.3) is 0 Å². The van der Waals surface area contributed by atoms with Gasteiger partial charge in [-0.3, -0.25) is 0 Å². The lowest BCUT2D eigenvalue weighted by Crippen LogP contribution is -2.40. The predicted molar refractivity (Wildman–Crippen MR) is 61.4 cm³/mol. The standard InChI is InChI=1S/C11H16ClNO2/c1-8-5-9(3-4-10(8)12)15-7-11(2,14)6-13/h3-5,14H,6-7,13H2,1-2H3. The highest BCUT2D eigenvalue weighted by molar-refractivity contribution is 6.31. The van der Waals surface area contributed by atoms with Gasteiger partial charge in [0, 0.05) is 11.6 Å². The first-order valence-corrected chi connectivity index (χ1v) is 5.14. The molecule has 0 saturated heterocycles. The molecule has 0 spiro atoms. The molecule has 0 radical (unpaired) electrons. The Bertz CT molecular complexity index is 339. The SMILES string of the molecule is Cc1cc(OCC(C)(O)CN)ccc1Cl. The maximum atomic E-state index is 9.63. The number of benzene rings is 1. The van der Waals surface area contributed by atoms with Gasteiger partial charge in [0.05, 0.1) is 0 Å². The van der Waals surface area contributed by atoms with Gasteiger partial charge in [0.2, 0.25) is 0 Å². The molecule has 4 heteroatoms. The smallest absolute Gasteiger partial charge is 0.119 e. The van der Waals surface area contributed by atoms with Crippen molar-refractivity contribution in [3.63, 3.8) is 0 Å². The zero-order valence-electron chi connectivity index (χ0n) is 8.96. The lowest BCUT2D eigenvalue weighted by Gasteiger charge is -2.21. The highest BCUT2D eigenvalue weighted by atomic mass is 35.5. The Hall–Kier alpha value is -0.770. The molecule has 1 rings (SSSR count). The molecular formula is C11H16ClNO2. The molecule has 0 aliphatic rings. The molecule has 1 unspecified atom stereocenters. The van der Waals surface area contributed by atoms with E-state index in [0.29, 0.717) is 10.8 Å². The molecule has 0 aliphatic carbocycles. The maximum absolute atomic E-state index is 9.63. The largest absolute Gasteiger partial charge is 0.491 e. The molecule has 0 fully saturated rings. The van der Waals surface area contributed by atoms with Crippen molar-refractivity contribution in [2.45, 2.75) is 19.4 Å². The van der Waals surface area contributed by atoms with Gasteiger partial charge in [-0.1, -0.05) is 11.6 Å². The highest BCUT2D eigenvalue weighted by Gasteiger charge is 2.18. The van der Waals surface area contributed by atoms with Crippen molar-refractivity contribution in [3.05, 3.63) is 28.8 Å². The second-order valence-corrected chi connectivity index (χ2v) is 4.31. The summed E-state index contributed by atoms with van der Waals surface area (Å²) >= 11 is 5.87. The van der Waals surface area contributed by atoms with E-state index in [1.165, 1.54) is 0 Å². The van der Waals surface area contributed by atoms with Crippen molar-refractivity contribution >= 4 is 11.6 Å². The minimum atomic E-state index is -0.993. The van der Waals surface area contributed by atoms with Gasteiger partial charge < -0.3 is 15.6 Å². The zero-order chi connectivity index (χ0) is 11.5. The van der Waals surface area contributed by atoms with E-state index in [-0.39, 0.29) is 13.2 Å². The first-order valence-electron chi connectivity index (χ1n) is 4.76. The minimum absolute atomic E-state index is 0.166. The topological polar surface area (TPSA) is 55.5 Å². The molecule has 1 aromatic carbocycles. The Morgan fingerprint density at radius 2 is 2.20 bits per heavy atom. The van der Waals surface area contributed by atoms with Crippen LogP contribution in [0.4, 0.5) is 0 Å². The molecule has 84 valence electrons. The summed E-state index contributed by atoms with van der Waals surface area (Å²) < 4.78 is 5.41. The average Bonchev–Trinajstić information content (AvgIpc) is 2.20. The molecule has 3 N–H and O–H groups in total. The molecule has 1 atom stereocenters. The number of hydrogen-bond acceptors (Lipinski definition) is 3. The van der Waals surface area contributed by atoms with E-state index in [9.17, 15) is 5.11 Å². The Morgan fingerprint density at radius 3 is 2.73 bits per heavy atom. The number of rotatable bonds is 4. The van der Waals surface area contributed by atoms with Crippen LogP contribution in [0, 0.1) is 6.92 Å². The molecule has 0 aliphatic heterocycles. The van der Waals surface area contributed by atoms with Crippen LogP contribution < -0.4 is 10.5 Å². The molecule has 1 aromatic rings. The van der Waals surface area contributed by atoms with Gasteiger partial charge in [-0.25, -0.2) is 0 Å². The van der Waals surface area contributed by atoms with E-state index in [4.69, 9.17) is 22.1 Å². The van der Waals surface area contributed by atoms with E-state index >= 15 is 0 Å². The Kier molecular flexibility index (Phi) is 3.97. The summed E-state index contributed by atoms with van der Waals surface area (Å²) in [6, 6.07) is 5.36. The quantitative estimate of drug-likeness (QED) is 0.827. The summed E-state index contributed by atoms with van der Waals surface area (Å²) in [6.45, 7) is 3.87. The lowest BCUT2D eigenvalue weighted by molar-refractivity contribution is 0.0195. The van der Waals surface area contributed by atoms with Crippen LogP contribution in [-0.4, -0.2) is 23.9 Å². The van der Waals surface area contributed by atoms with Gasteiger partial charge in [0.15, 0.2) is 0 Å². The van der Waals surface area contributed by atoms with Crippen molar-refractivity contribution in [2.75, 3.05) is 13.2 Å². The average molecular weight is 230 g/mol. The second kappa shape index (κ2) is 4.84. The molecule has 0 amide bonds. The maximum Gasteiger partial charge on any atom is 0.119 e. The van der Waals surface area contributed by atoms with Crippen LogP contribution >= 0.6 is 11.6 Å². The Labute approximate surface area is 94.8 Å². The third-order valence-electron chi connectivity index (χ3n) is 2.12. The number of nitrogens with two attached hydrogens (primary N) is 1. The van der Waals surface area contributed by atoms with E-state index < -0.39 is 5.60 Å². The van der Waals surface area contributed by atoms with E-state index in [2.05, 4.69) is 0 Å². The van der Waals surface area contributed by atoms with Gasteiger partial charge in [-0.2, -0.15) is 0 Å². The number of aliphatic hydroxyl groups is 1. The van der Waals surface area contributed by atoms with Crippen LogP contribution in [0.1, 0.15) is 12.5 Å². The van der Waals surface area contributed by atoms with Crippen LogP contribution in [0.2, 0.25) is 5.02 Å². The minimum Gasteiger partial charge on any atom is -0.491 e. The van der Waals surface area contributed by atoms with E-state index in [0.717, 1.165) is 5.56 Å². The van der Waals surface area contributed by atoms with Crippen molar-refractivity contribution in [1.82, 2.24) is 0 Å². The normalized spacial score (nSPS) is 14.7. The summed E-state index contributed by atoms with van der Waals surface area (Å²) in [7, 11) is 0. The van der Waals surface area contributed by atoms with Crippen molar-refractivity contribution < 1.29 is 9.84 Å². The summed E-state index contributed by atoms with van der Waals surface area (Å²) in [6.07, 6.45) is 0. The molecule has 0 saturated carbocycles. The third kappa shape index (κ3) is 3.70. The summed E-state index contributed by atoms with van der Waals surface area (Å²) in [4.78, 5) is 0. The van der Waals surface area contributed by atoms with Crippen LogP contribution in [0.3, 0.4) is 0 Å². The monoisotopic (exact) mass is 229 g/mol. The lowest BCUT2D eigenvalue weighted by atomic mass is 10.1. The molecular weight excluding hydrogens is 214 g/mol. The van der Waals surface area contributed by atoms with Gasteiger partial charge in [-0.05, 0) is 37.6 Å². The van der Waals surface area contributed by atoms with Gasteiger partial charge in [0.25, 0.3) is 0 Å². The fraction of sp³-hybridized carbons (Fsp3) is 0.455. The summed E-state index contributed by atoms with van der Waals surface area (Å²) in [5, 5.41) is 10.3. The van der Waals surface area contributed by atoms with Crippen molar-refractivity contribution in [1.29, 1.82) is 0 Å². The first kappa shape index (κ1) is 12.3. The fourth-order valence-electron chi connectivity index (χ4n) is 1.00. The Morgan fingerprint density at radius 1 is 1.53 bits per heavy atom.